The summed E-state index contributed by atoms with van der Waals surface area (Å²) in [6, 6.07) is 9.82. The van der Waals surface area contributed by atoms with Gasteiger partial charge in [0.05, 0.1) is 18.1 Å². The number of carbonyl (C=O) groups is 1. The van der Waals surface area contributed by atoms with Crippen molar-refractivity contribution in [1.29, 1.82) is 0 Å². The van der Waals surface area contributed by atoms with Crippen molar-refractivity contribution in [2.75, 3.05) is 13.7 Å². The van der Waals surface area contributed by atoms with E-state index in [0.29, 0.717) is 12.2 Å². The van der Waals surface area contributed by atoms with Crippen molar-refractivity contribution < 1.29 is 23.9 Å². The molecule has 2 aromatic carbocycles. The summed E-state index contributed by atoms with van der Waals surface area (Å²) in [5.74, 6) is 0.852. The average molecular weight is 400 g/mol. The predicted molar refractivity (Wildman–Crippen MR) is 107 cm³/mol. The number of nitro groups is 1. The van der Waals surface area contributed by atoms with E-state index in [-0.39, 0.29) is 30.0 Å². The Balaban J connectivity index is 1.68. The molecule has 1 atom stereocenters. The van der Waals surface area contributed by atoms with E-state index in [0.717, 1.165) is 16.9 Å². The summed E-state index contributed by atoms with van der Waals surface area (Å²) in [5.41, 5.74) is 1.45. The van der Waals surface area contributed by atoms with Gasteiger partial charge in [0, 0.05) is 24.1 Å². The van der Waals surface area contributed by atoms with Gasteiger partial charge in [-0.1, -0.05) is 17.7 Å². The number of nitro benzene ring substituents is 1. The van der Waals surface area contributed by atoms with Gasteiger partial charge in [0.2, 0.25) is 5.75 Å². The van der Waals surface area contributed by atoms with Crippen LogP contribution >= 0.6 is 0 Å². The molecule has 1 aliphatic heterocycles. The number of hydrogen-bond acceptors (Lipinski definition) is 6. The van der Waals surface area contributed by atoms with Crippen LogP contribution in [0.25, 0.3) is 0 Å². The highest BCUT2D eigenvalue weighted by Crippen LogP contribution is 2.39. The molecule has 2 aromatic rings. The first-order valence-corrected chi connectivity index (χ1v) is 9.23. The SMILES string of the molecule is COc1cc(OCC(=O)N[C@@H]2CC(C)(C)Oc3ccc(C)cc32)ccc1[N+](=O)[O-]. The zero-order valence-electron chi connectivity index (χ0n) is 16.9. The number of amides is 1. The number of nitrogens with zero attached hydrogens (tertiary/aromatic N) is 1. The fourth-order valence-corrected chi connectivity index (χ4v) is 3.39. The molecular formula is C21H24N2O6. The van der Waals surface area contributed by atoms with Crippen molar-refractivity contribution in [3.8, 4) is 17.2 Å². The molecule has 0 fully saturated rings. The molecule has 29 heavy (non-hydrogen) atoms. The van der Waals surface area contributed by atoms with Crippen LogP contribution in [0.4, 0.5) is 5.69 Å². The molecule has 154 valence electrons. The summed E-state index contributed by atoms with van der Waals surface area (Å²) in [6.07, 6.45) is 0.626. The van der Waals surface area contributed by atoms with Crippen LogP contribution in [0.2, 0.25) is 0 Å². The maximum absolute atomic E-state index is 12.5. The fraction of sp³-hybridized carbons (Fsp3) is 0.381. The normalized spacial score (nSPS) is 16.9. The summed E-state index contributed by atoms with van der Waals surface area (Å²) in [4.78, 5) is 22.9. The molecule has 1 heterocycles. The van der Waals surface area contributed by atoms with E-state index in [1.165, 1.54) is 25.3 Å². The number of nitrogens with one attached hydrogen (secondary N) is 1. The van der Waals surface area contributed by atoms with E-state index >= 15 is 0 Å². The Labute approximate surface area is 168 Å². The van der Waals surface area contributed by atoms with Gasteiger partial charge in [0.1, 0.15) is 17.1 Å². The van der Waals surface area contributed by atoms with Gasteiger partial charge in [-0.05, 0) is 32.9 Å². The molecule has 0 aromatic heterocycles. The molecule has 0 saturated heterocycles. The molecule has 1 N–H and O–H groups in total. The molecule has 1 amide bonds. The van der Waals surface area contributed by atoms with E-state index in [1.54, 1.807) is 0 Å². The Hall–Kier alpha value is -3.29. The van der Waals surface area contributed by atoms with Crippen LogP contribution < -0.4 is 19.5 Å². The third-order valence-electron chi connectivity index (χ3n) is 4.68. The second kappa shape index (κ2) is 7.98. The third kappa shape index (κ3) is 4.77. The second-order valence-corrected chi connectivity index (χ2v) is 7.61. The smallest absolute Gasteiger partial charge is 0.311 e. The Bertz CT molecular complexity index is 941. The molecule has 8 nitrogen and oxygen atoms in total. The van der Waals surface area contributed by atoms with Gasteiger partial charge >= 0.3 is 5.69 Å². The number of benzene rings is 2. The first kappa shape index (κ1) is 20.4. The quantitative estimate of drug-likeness (QED) is 0.586. The summed E-state index contributed by atoms with van der Waals surface area (Å²) in [5, 5.41) is 14.0. The second-order valence-electron chi connectivity index (χ2n) is 7.61. The highest BCUT2D eigenvalue weighted by atomic mass is 16.6. The van der Waals surface area contributed by atoms with E-state index in [1.807, 2.05) is 39.0 Å². The molecule has 0 saturated carbocycles. The van der Waals surface area contributed by atoms with Gasteiger partial charge < -0.3 is 19.5 Å². The van der Waals surface area contributed by atoms with Crippen molar-refractivity contribution in [2.45, 2.75) is 38.8 Å². The number of methoxy groups -OCH3 is 1. The summed E-state index contributed by atoms with van der Waals surface area (Å²) in [6.45, 7) is 5.73. The van der Waals surface area contributed by atoms with Gasteiger partial charge in [-0.2, -0.15) is 0 Å². The van der Waals surface area contributed by atoms with Gasteiger partial charge in [-0.25, -0.2) is 0 Å². The van der Waals surface area contributed by atoms with Gasteiger partial charge in [-0.3, -0.25) is 14.9 Å². The van der Waals surface area contributed by atoms with Crippen LogP contribution in [0.1, 0.15) is 37.4 Å². The minimum Gasteiger partial charge on any atom is -0.490 e. The molecular weight excluding hydrogens is 376 g/mol. The van der Waals surface area contributed by atoms with Crippen LogP contribution in [0.3, 0.4) is 0 Å². The lowest BCUT2D eigenvalue weighted by Gasteiger charge is -2.38. The van der Waals surface area contributed by atoms with Gasteiger partial charge in [0.25, 0.3) is 5.91 Å². The molecule has 0 aliphatic carbocycles. The number of ether oxygens (including phenoxy) is 3. The van der Waals surface area contributed by atoms with E-state index in [2.05, 4.69) is 5.32 Å². The molecule has 8 heteroatoms. The zero-order chi connectivity index (χ0) is 21.2. The first-order valence-electron chi connectivity index (χ1n) is 9.23. The standard InChI is InChI=1S/C21H24N2O6/c1-13-5-8-18-15(9-13)16(11-21(2,3)29-18)22-20(24)12-28-14-6-7-17(23(25)26)19(10-14)27-4/h5-10,16H,11-12H2,1-4H3,(H,22,24)/t16-/m1/s1. The van der Waals surface area contributed by atoms with Gasteiger partial charge in [0.15, 0.2) is 6.61 Å². The lowest BCUT2D eigenvalue weighted by molar-refractivity contribution is -0.385. The summed E-state index contributed by atoms with van der Waals surface area (Å²) >= 11 is 0. The van der Waals surface area contributed by atoms with Crippen LogP contribution in [0.5, 0.6) is 17.2 Å². The van der Waals surface area contributed by atoms with Crippen LogP contribution in [-0.2, 0) is 4.79 Å². The Morgan fingerprint density at radius 3 is 2.76 bits per heavy atom. The minimum atomic E-state index is -0.540. The summed E-state index contributed by atoms with van der Waals surface area (Å²) in [7, 11) is 1.34. The number of carbonyl (C=O) groups excluding carboxylic acids is 1. The van der Waals surface area contributed by atoms with Crippen LogP contribution in [-0.4, -0.2) is 30.1 Å². The van der Waals surface area contributed by atoms with Crippen LogP contribution in [0, 0.1) is 17.0 Å². The molecule has 1 aliphatic rings. The highest BCUT2D eigenvalue weighted by molar-refractivity contribution is 5.78. The van der Waals surface area contributed by atoms with E-state index < -0.39 is 10.5 Å². The minimum absolute atomic E-state index is 0.0727. The average Bonchev–Trinajstić information content (AvgIpc) is 2.66. The topological polar surface area (TPSA) is 99.9 Å². The molecule has 0 spiro atoms. The van der Waals surface area contributed by atoms with Crippen molar-refractivity contribution in [3.05, 3.63) is 57.6 Å². The third-order valence-corrected chi connectivity index (χ3v) is 4.68. The van der Waals surface area contributed by atoms with Crippen molar-refractivity contribution in [2.24, 2.45) is 0 Å². The van der Waals surface area contributed by atoms with Crippen LogP contribution in [0.15, 0.2) is 36.4 Å². The zero-order valence-corrected chi connectivity index (χ0v) is 16.9. The molecule has 0 radical (unpaired) electrons. The first-order chi connectivity index (χ1) is 13.7. The molecule has 0 unspecified atom stereocenters. The number of aryl methyl sites for hydroxylation is 1. The number of fused-ring (bicyclic) bond motifs is 1. The lowest BCUT2D eigenvalue weighted by Crippen LogP contribution is -2.42. The number of rotatable bonds is 6. The fourth-order valence-electron chi connectivity index (χ4n) is 3.39. The highest BCUT2D eigenvalue weighted by Gasteiger charge is 2.34. The summed E-state index contributed by atoms with van der Waals surface area (Å²) < 4.78 is 16.5. The van der Waals surface area contributed by atoms with Gasteiger partial charge in [-0.15, -0.1) is 0 Å². The largest absolute Gasteiger partial charge is 0.490 e. The maximum Gasteiger partial charge on any atom is 0.311 e. The molecule has 0 bridgehead atoms. The lowest BCUT2D eigenvalue weighted by atomic mass is 9.89. The van der Waals surface area contributed by atoms with Crippen molar-refractivity contribution in [1.82, 2.24) is 5.32 Å². The monoisotopic (exact) mass is 400 g/mol. The maximum atomic E-state index is 12.5. The van der Waals surface area contributed by atoms with Crippen molar-refractivity contribution >= 4 is 11.6 Å². The van der Waals surface area contributed by atoms with Crippen molar-refractivity contribution in [3.63, 3.8) is 0 Å². The Morgan fingerprint density at radius 2 is 2.07 bits per heavy atom. The van der Waals surface area contributed by atoms with E-state index in [9.17, 15) is 14.9 Å². The predicted octanol–water partition coefficient (Wildman–Crippen LogP) is 3.71. The Kier molecular flexibility index (Phi) is 5.63. The van der Waals surface area contributed by atoms with E-state index in [4.69, 9.17) is 14.2 Å². The molecule has 3 rings (SSSR count). The number of hydrogen-bond donors (Lipinski definition) is 1. The Morgan fingerprint density at radius 1 is 1.31 bits per heavy atom.